The van der Waals surface area contributed by atoms with Crippen LogP contribution >= 0.6 is 0 Å². The lowest BCUT2D eigenvalue weighted by Crippen LogP contribution is -2.22. The van der Waals surface area contributed by atoms with E-state index in [9.17, 15) is 4.79 Å². The van der Waals surface area contributed by atoms with Crippen LogP contribution in [0.2, 0.25) is 0 Å². The van der Waals surface area contributed by atoms with E-state index in [0.717, 1.165) is 0 Å². The SMILES string of the molecule is C=C(C)C(=O)OCCC1COC(C)(C)O1. The number of ether oxygens (including phenoxy) is 3. The minimum Gasteiger partial charge on any atom is -0.462 e. The van der Waals surface area contributed by atoms with Crippen LogP contribution in [0.25, 0.3) is 0 Å². The molecule has 0 aliphatic carbocycles. The lowest BCUT2D eigenvalue weighted by molar-refractivity contribution is -0.145. The van der Waals surface area contributed by atoms with E-state index < -0.39 is 5.79 Å². The molecule has 0 amide bonds. The maximum Gasteiger partial charge on any atom is 0.333 e. The van der Waals surface area contributed by atoms with Gasteiger partial charge in [0.15, 0.2) is 5.79 Å². The van der Waals surface area contributed by atoms with E-state index in [-0.39, 0.29) is 12.1 Å². The lowest BCUT2D eigenvalue weighted by Gasteiger charge is -2.16. The molecule has 0 radical (unpaired) electrons. The Labute approximate surface area is 90.2 Å². The summed E-state index contributed by atoms with van der Waals surface area (Å²) in [5.41, 5.74) is 0.416. The van der Waals surface area contributed by atoms with Crippen molar-refractivity contribution in [1.29, 1.82) is 0 Å². The van der Waals surface area contributed by atoms with E-state index in [4.69, 9.17) is 14.2 Å². The van der Waals surface area contributed by atoms with Gasteiger partial charge in [0.1, 0.15) is 0 Å². The third-order valence-corrected chi connectivity index (χ3v) is 2.09. The molecule has 86 valence electrons. The van der Waals surface area contributed by atoms with E-state index in [2.05, 4.69) is 6.58 Å². The molecule has 0 saturated carbocycles. The van der Waals surface area contributed by atoms with Crippen LogP contribution in [0.5, 0.6) is 0 Å². The van der Waals surface area contributed by atoms with Crippen LogP contribution in [0.15, 0.2) is 12.2 Å². The van der Waals surface area contributed by atoms with E-state index in [1.807, 2.05) is 13.8 Å². The summed E-state index contributed by atoms with van der Waals surface area (Å²) < 4.78 is 15.9. The highest BCUT2D eigenvalue weighted by atomic mass is 16.7. The Morgan fingerprint density at radius 2 is 2.27 bits per heavy atom. The summed E-state index contributed by atoms with van der Waals surface area (Å²) in [6.45, 7) is 9.76. The second kappa shape index (κ2) is 4.77. The second-order valence-electron chi connectivity index (χ2n) is 4.16. The van der Waals surface area contributed by atoms with Gasteiger partial charge in [-0.25, -0.2) is 4.79 Å². The molecule has 0 aromatic rings. The maximum absolute atomic E-state index is 11.1. The first-order valence-electron chi connectivity index (χ1n) is 5.05. The predicted octanol–water partition coefficient (Wildman–Crippen LogP) is 1.65. The summed E-state index contributed by atoms with van der Waals surface area (Å²) in [5, 5.41) is 0. The van der Waals surface area contributed by atoms with Crippen LogP contribution in [-0.4, -0.2) is 31.1 Å². The lowest BCUT2D eigenvalue weighted by atomic mass is 10.3. The Kier molecular flexibility index (Phi) is 3.88. The number of hydrogen-bond acceptors (Lipinski definition) is 4. The predicted molar refractivity (Wildman–Crippen MR) is 55.3 cm³/mol. The Balaban J connectivity index is 2.17. The van der Waals surface area contributed by atoms with Gasteiger partial charge in [0.25, 0.3) is 0 Å². The normalized spacial score (nSPS) is 23.8. The molecule has 1 unspecified atom stereocenters. The van der Waals surface area contributed by atoms with Gasteiger partial charge in [-0.2, -0.15) is 0 Å². The quantitative estimate of drug-likeness (QED) is 0.527. The molecule has 0 aromatic carbocycles. The molecule has 0 bridgehead atoms. The number of carbonyl (C=O) groups excluding carboxylic acids is 1. The van der Waals surface area contributed by atoms with Crippen LogP contribution in [0.4, 0.5) is 0 Å². The smallest absolute Gasteiger partial charge is 0.333 e. The van der Waals surface area contributed by atoms with Crippen molar-refractivity contribution < 1.29 is 19.0 Å². The van der Waals surface area contributed by atoms with E-state index in [1.165, 1.54) is 0 Å². The molecule has 0 N–H and O–H groups in total. The van der Waals surface area contributed by atoms with Gasteiger partial charge in [-0.05, 0) is 20.8 Å². The van der Waals surface area contributed by atoms with E-state index in [1.54, 1.807) is 6.92 Å². The van der Waals surface area contributed by atoms with Crippen molar-refractivity contribution in [3.63, 3.8) is 0 Å². The topological polar surface area (TPSA) is 44.8 Å². The van der Waals surface area contributed by atoms with Gasteiger partial charge < -0.3 is 14.2 Å². The van der Waals surface area contributed by atoms with Crippen LogP contribution in [0, 0.1) is 0 Å². The zero-order chi connectivity index (χ0) is 11.5. The summed E-state index contributed by atoms with van der Waals surface area (Å²) in [5.74, 6) is -0.864. The first-order chi connectivity index (χ1) is 6.91. The van der Waals surface area contributed by atoms with Crippen molar-refractivity contribution in [2.75, 3.05) is 13.2 Å². The Hall–Kier alpha value is -0.870. The molecule has 4 heteroatoms. The van der Waals surface area contributed by atoms with Gasteiger partial charge in [-0.3, -0.25) is 0 Å². The van der Waals surface area contributed by atoms with Crippen molar-refractivity contribution in [2.45, 2.75) is 39.1 Å². The first kappa shape index (κ1) is 12.2. The number of rotatable bonds is 4. The number of esters is 1. The molecular weight excluding hydrogens is 196 g/mol. The third-order valence-electron chi connectivity index (χ3n) is 2.09. The van der Waals surface area contributed by atoms with Crippen molar-refractivity contribution in [1.82, 2.24) is 0 Å². The zero-order valence-corrected chi connectivity index (χ0v) is 9.54. The Bertz CT molecular complexity index is 257. The summed E-state index contributed by atoms with van der Waals surface area (Å²) >= 11 is 0. The fourth-order valence-electron chi connectivity index (χ4n) is 1.31. The summed E-state index contributed by atoms with van der Waals surface area (Å²) in [6.07, 6.45) is 0.667. The summed E-state index contributed by atoms with van der Waals surface area (Å²) in [4.78, 5) is 11.1. The first-order valence-corrected chi connectivity index (χ1v) is 5.05. The summed E-state index contributed by atoms with van der Waals surface area (Å²) in [7, 11) is 0. The molecule has 1 atom stereocenters. The molecule has 0 aromatic heterocycles. The molecule has 1 rings (SSSR count). The van der Waals surface area contributed by atoms with Crippen molar-refractivity contribution in [2.24, 2.45) is 0 Å². The van der Waals surface area contributed by atoms with Crippen molar-refractivity contribution in [3.05, 3.63) is 12.2 Å². The van der Waals surface area contributed by atoms with E-state index >= 15 is 0 Å². The average molecular weight is 214 g/mol. The van der Waals surface area contributed by atoms with Crippen LogP contribution in [0.3, 0.4) is 0 Å². The monoisotopic (exact) mass is 214 g/mol. The van der Waals surface area contributed by atoms with Gasteiger partial charge in [0.05, 0.1) is 19.3 Å². The third kappa shape index (κ3) is 4.01. The molecule has 4 nitrogen and oxygen atoms in total. The largest absolute Gasteiger partial charge is 0.462 e. The Morgan fingerprint density at radius 3 is 2.73 bits per heavy atom. The molecular formula is C11H18O4. The van der Waals surface area contributed by atoms with Gasteiger partial charge in [0.2, 0.25) is 0 Å². The Morgan fingerprint density at radius 1 is 1.60 bits per heavy atom. The van der Waals surface area contributed by atoms with Gasteiger partial charge >= 0.3 is 5.97 Å². The van der Waals surface area contributed by atoms with Crippen LogP contribution in [0.1, 0.15) is 27.2 Å². The fourth-order valence-corrected chi connectivity index (χ4v) is 1.31. The highest BCUT2D eigenvalue weighted by Gasteiger charge is 2.32. The van der Waals surface area contributed by atoms with Crippen LogP contribution in [-0.2, 0) is 19.0 Å². The minimum atomic E-state index is -0.511. The van der Waals surface area contributed by atoms with Gasteiger partial charge in [-0.15, -0.1) is 0 Å². The highest BCUT2D eigenvalue weighted by Crippen LogP contribution is 2.23. The van der Waals surface area contributed by atoms with Gasteiger partial charge in [-0.1, -0.05) is 6.58 Å². The molecule has 1 aliphatic rings. The molecule has 1 heterocycles. The van der Waals surface area contributed by atoms with E-state index in [0.29, 0.717) is 25.2 Å². The molecule has 15 heavy (non-hydrogen) atoms. The molecule has 1 aliphatic heterocycles. The summed E-state index contributed by atoms with van der Waals surface area (Å²) in [6, 6.07) is 0. The molecule has 1 fully saturated rings. The zero-order valence-electron chi connectivity index (χ0n) is 9.54. The highest BCUT2D eigenvalue weighted by molar-refractivity contribution is 5.86. The van der Waals surface area contributed by atoms with Crippen molar-refractivity contribution >= 4 is 5.97 Å². The molecule has 1 saturated heterocycles. The molecule has 0 spiro atoms. The van der Waals surface area contributed by atoms with Crippen molar-refractivity contribution in [3.8, 4) is 0 Å². The second-order valence-corrected chi connectivity index (χ2v) is 4.16. The maximum atomic E-state index is 11.1. The standard InChI is InChI=1S/C11H18O4/c1-8(2)10(12)13-6-5-9-7-14-11(3,4)15-9/h9H,1,5-7H2,2-4H3. The number of hydrogen-bond donors (Lipinski definition) is 0. The van der Waals surface area contributed by atoms with Gasteiger partial charge in [0, 0.05) is 12.0 Å². The fraction of sp³-hybridized carbons (Fsp3) is 0.727. The minimum absolute atomic E-state index is 0.0120. The number of carbonyl (C=O) groups is 1. The van der Waals surface area contributed by atoms with Crippen LogP contribution < -0.4 is 0 Å². The average Bonchev–Trinajstić information content (AvgIpc) is 2.45.